The maximum atomic E-state index is 5.94. The lowest BCUT2D eigenvalue weighted by Crippen LogP contribution is -1.87. The fourth-order valence-electron chi connectivity index (χ4n) is 1.84. The Labute approximate surface area is 118 Å². The van der Waals surface area contributed by atoms with Crippen molar-refractivity contribution in [3.05, 3.63) is 60.8 Å². The predicted octanol–water partition coefficient (Wildman–Crippen LogP) is 4.81. The Morgan fingerprint density at radius 1 is 0.895 bits per heavy atom. The van der Waals surface area contributed by atoms with Crippen molar-refractivity contribution in [3.8, 4) is 0 Å². The topological polar surface area (TPSA) is 30.9 Å². The third-order valence-corrected chi connectivity index (χ3v) is 3.68. The van der Waals surface area contributed by atoms with E-state index in [1.807, 2.05) is 44.2 Å². The lowest BCUT2D eigenvalue weighted by atomic mass is 10.2. The van der Waals surface area contributed by atoms with E-state index >= 15 is 0 Å². The molecule has 19 heavy (non-hydrogen) atoms. The number of nitrogen functional groups attached to an aromatic ring is 1. The molecule has 0 unspecified atom stereocenters. The summed E-state index contributed by atoms with van der Waals surface area (Å²) in [6.45, 7) is 4.00. The molecule has 0 amide bonds. The van der Waals surface area contributed by atoms with Gasteiger partial charge in [0.05, 0.1) is 5.52 Å². The van der Waals surface area contributed by atoms with Crippen LogP contribution in [0.2, 0.25) is 0 Å². The van der Waals surface area contributed by atoms with E-state index in [0.717, 1.165) is 16.6 Å². The van der Waals surface area contributed by atoms with E-state index in [1.54, 1.807) is 11.9 Å². The van der Waals surface area contributed by atoms with E-state index in [9.17, 15) is 0 Å². The molecule has 2 nitrogen and oxygen atoms in total. The highest BCUT2D eigenvalue weighted by Crippen LogP contribution is 2.28. The third-order valence-electron chi connectivity index (χ3n) is 2.68. The van der Waals surface area contributed by atoms with Crippen LogP contribution >= 0.6 is 11.9 Å². The molecule has 2 aromatic carbocycles. The van der Waals surface area contributed by atoms with Crippen LogP contribution in [0.1, 0.15) is 13.8 Å². The summed E-state index contributed by atoms with van der Waals surface area (Å²) < 4.78 is 2.14. The van der Waals surface area contributed by atoms with Crippen molar-refractivity contribution in [2.75, 3.05) is 5.73 Å². The van der Waals surface area contributed by atoms with Crippen molar-refractivity contribution in [3.63, 3.8) is 0 Å². The van der Waals surface area contributed by atoms with E-state index < -0.39 is 0 Å². The average Bonchev–Trinajstić information content (AvgIpc) is 2.87. The van der Waals surface area contributed by atoms with Gasteiger partial charge in [-0.2, -0.15) is 0 Å². The molecule has 1 heterocycles. The molecule has 0 aliphatic rings. The van der Waals surface area contributed by atoms with E-state index in [4.69, 9.17) is 5.73 Å². The Hall–Kier alpha value is -1.87. The molecule has 0 saturated heterocycles. The van der Waals surface area contributed by atoms with Crippen molar-refractivity contribution in [1.29, 1.82) is 0 Å². The summed E-state index contributed by atoms with van der Waals surface area (Å²) in [7, 11) is 0. The van der Waals surface area contributed by atoms with Gasteiger partial charge in [0.15, 0.2) is 0 Å². The van der Waals surface area contributed by atoms with Gasteiger partial charge in [-0.05, 0) is 42.3 Å². The highest BCUT2D eigenvalue weighted by atomic mass is 32.2. The van der Waals surface area contributed by atoms with Crippen LogP contribution in [-0.2, 0) is 0 Å². The SMILES string of the molecule is CC.Nc1cccc2c1ccn2Sc1ccccc1. The molecule has 0 aliphatic heterocycles. The van der Waals surface area contributed by atoms with E-state index in [1.165, 1.54) is 4.90 Å². The van der Waals surface area contributed by atoms with Crippen molar-refractivity contribution >= 4 is 28.5 Å². The van der Waals surface area contributed by atoms with E-state index in [2.05, 4.69) is 34.4 Å². The van der Waals surface area contributed by atoms with Crippen LogP contribution in [0.25, 0.3) is 10.9 Å². The molecule has 3 aromatic rings. The second kappa shape index (κ2) is 6.34. The first-order valence-corrected chi connectivity index (χ1v) is 7.21. The third kappa shape index (κ3) is 2.93. The highest BCUT2D eigenvalue weighted by Gasteiger charge is 2.04. The number of anilines is 1. The molecule has 0 saturated carbocycles. The molecule has 2 N–H and O–H groups in total. The molecule has 0 atom stereocenters. The Kier molecular flexibility index (Phi) is 4.53. The van der Waals surface area contributed by atoms with Crippen LogP contribution in [0.5, 0.6) is 0 Å². The van der Waals surface area contributed by atoms with Crippen LogP contribution < -0.4 is 5.73 Å². The molecule has 0 spiro atoms. The number of rotatable bonds is 2. The van der Waals surface area contributed by atoms with Gasteiger partial charge in [-0.1, -0.05) is 38.1 Å². The summed E-state index contributed by atoms with van der Waals surface area (Å²) in [4.78, 5) is 1.22. The zero-order valence-electron chi connectivity index (χ0n) is 11.2. The van der Waals surface area contributed by atoms with Crippen LogP contribution in [0, 0.1) is 0 Å². The average molecular weight is 270 g/mol. The Balaban J connectivity index is 0.000000637. The number of aromatic nitrogens is 1. The summed E-state index contributed by atoms with van der Waals surface area (Å²) in [6.07, 6.45) is 2.05. The lowest BCUT2D eigenvalue weighted by Gasteiger charge is -2.04. The molecule has 98 valence electrons. The summed E-state index contributed by atoms with van der Waals surface area (Å²) in [6, 6.07) is 18.4. The second-order valence-corrected chi connectivity index (χ2v) is 4.87. The maximum absolute atomic E-state index is 5.94. The summed E-state index contributed by atoms with van der Waals surface area (Å²) >= 11 is 1.69. The zero-order chi connectivity index (χ0) is 13.7. The first kappa shape index (κ1) is 13.6. The highest BCUT2D eigenvalue weighted by molar-refractivity contribution is 7.98. The van der Waals surface area contributed by atoms with Crippen molar-refractivity contribution in [1.82, 2.24) is 3.97 Å². The molecule has 3 rings (SSSR count). The summed E-state index contributed by atoms with van der Waals surface area (Å²) in [5.74, 6) is 0. The fraction of sp³-hybridized carbons (Fsp3) is 0.125. The van der Waals surface area contributed by atoms with Crippen LogP contribution in [0.15, 0.2) is 65.7 Å². The van der Waals surface area contributed by atoms with Crippen molar-refractivity contribution in [2.24, 2.45) is 0 Å². The molecule has 0 bridgehead atoms. The molecule has 0 radical (unpaired) electrons. The van der Waals surface area contributed by atoms with E-state index in [-0.39, 0.29) is 0 Å². The number of benzene rings is 2. The normalized spacial score (nSPS) is 10.0. The Morgan fingerprint density at radius 2 is 1.63 bits per heavy atom. The largest absolute Gasteiger partial charge is 0.398 e. The van der Waals surface area contributed by atoms with Gasteiger partial charge in [-0.3, -0.25) is 3.97 Å². The standard InChI is InChI=1S/C14H12N2S.C2H6/c15-13-7-4-8-14-12(13)9-10-16(14)17-11-5-2-1-3-6-11;1-2/h1-10H,15H2;1-2H3. The minimum atomic E-state index is 0.829. The predicted molar refractivity (Wildman–Crippen MR) is 85.4 cm³/mol. The minimum Gasteiger partial charge on any atom is -0.398 e. The maximum Gasteiger partial charge on any atom is 0.0615 e. The number of nitrogens with zero attached hydrogens (tertiary/aromatic N) is 1. The summed E-state index contributed by atoms with van der Waals surface area (Å²) in [5.41, 5.74) is 7.92. The fourth-order valence-corrected chi connectivity index (χ4v) is 2.73. The molecular formula is C16H18N2S. The van der Waals surface area contributed by atoms with E-state index in [0.29, 0.717) is 0 Å². The van der Waals surface area contributed by atoms with Crippen molar-refractivity contribution < 1.29 is 0 Å². The first-order chi connectivity index (χ1) is 9.34. The zero-order valence-corrected chi connectivity index (χ0v) is 12.0. The molecule has 0 aliphatic carbocycles. The van der Waals surface area contributed by atoms with Crippen molar-refractivity contribution in [2.45, 2.75) is 18.7 Å². The molecular weight excluding hydrogens is 252 g/mol. The van der Waals surface area contributed by atoms with Gasteiger partial charge in [0.2, 0.25) is 0 Å². The van der Waals surface area contributed by atoms with Gasteiger partial charge in [-0.15, -0.1) is 0 Å². The monoisotopic (exact) mass is 270 g/mol. The number of hydrogen-bond acceptors (Lipinski definition) is 2. The quantitative estimate of drug-likeness (QED) is 0.678. The smallest absolute Gasteiger partial charge is 0.0615 e. The van der Waals surface area contributed by atoms with Gasteiger partial charge >= 0.3 is 0 Å². The van der Waals surface area contributed by atoms with Gasteiger partial charge in [0.25, 0.3) is 0 Å². The summed E-state index contributed by atoms with van der Waals surface area (Å²) in [5, 5.41) is 1.11. The molecule has 1 aromatic heterocycles. The Bertz CT molecular complexity index is 644. The van der Waals surface area contributed by atoms with Gasteiger partial charge in [0, 0.05) is 22.2 Å². The molecule has 0 fully saturated rings. The molecule has 3 heteroatoms. The number of nitrogens with two attached hydrogens (primary N) is 1. The van der Waals surface area contributed by atoms with Gasteiger partial charge in [-0.25, -0.2) is 0 Å². The van der Waals surface area contributed by atoms with Crippen LogP contribution in [0.4, 0.5) is 5.69 Å². The number of hydrogen-bond donors (Lipinski definition) is 1. The van der Waals surface area contributed by atoms with Crippen LogP contribution in [-0.4, -0.2) is 3.97 Å². The number of fused-ring (bicyclic) bond motifs is 1. The Morgan fingerprint density at radius 3 is 2.37 bits per heavy atom. The van der Waals surface area contributed by atoms with Crippen LogP contribution in [0.3, 0.4) is 0 Å². The lowest BCUT2D eigenvalue weighted by molar-refractivity contribution is 1.32. The van der Waals surface area contributed by atoms with Gasteiger partial charge < -0.3 is 5.73 Å². The second-order valence-electron chi connectivity index (χ2n) is 3.83. The minimum absolute atomic E-state index is 0.829. The first-order valence-electron chi connectivity index (χ1n) is 6.43. The van der Waals surface area contributed by atoms with Gasteiger partial charge in [0.1, 0.15) is 0 Å².